The molecular weight excluding hydrogens is 246 g/mol. The van der Waals surface area contributed by atoms with Crippen molar-refractivity contribution in [2.24, 2.45) is 0 Å². The second kappa shape index (κ2) is 6.58. The fourth-order valence-electron chi connectivity index (χ4n) is 1.44. The lowest BCUT2D eigenvalue weighted by molar-refractivity contribution is 0.0693. The van der Waals surface area contributed by atoms with Gasteiger partial charge in [-0.3, -0.25) is 0 Å². The zero-order valence-corrected chi connectivity index (χ0v) is 10.8. The summed E-state index contributed by atoms with van der Waals surface area (Å²) in [7, 11) is 4.80. The molecule has 1 aromatic rings. The van der Waals surface area contributed by atoms with E-state index in [1.54, 1.807) is 11.9 Å². The molecule has 6 nitrogen and oxygen atoms in total. The molecule has 0 bridgehead atoms. The summed E-state index contributed by atoms with van der Waals surface area (Å²) < 4.78 is 9.98. The van der Waals surface area contributed by atoms with Gasteiger partial charge in [0.2, 0.25) is 0 Å². The Hall–Kier alpha value is -1.11. The number of methoxy groups -OCH3 is 2. The Morgan fingerprint density at radius 1 is 1.47 bits per heavy atom. The van der Waals surface area contributed by atoms with Gasteiger partial charge in [0.05, 0.1) is 19.8 Å². The average Bonchev–Trinajstić information content (AvgIpc) is 2.28. The van der Waals surface area contributed by atoms with Gasteiger partial charge in [-0.2, -0.15) is 0 Å². The number of hydrogen-bond donors (Lipinski definition) is 1. The van der Waals surface area contributed by atoms with Crippen molar-refractivity contribution in [3.05, 3.63) is 11.5 Å². The summed E-state index contributed by atoms with van der Waals surface area (Å²) in [6.07, 6.45) is 0.739. The minimum absolute atomic E-state index is 0.241. The maximum Gasteiger partial charge on any atom is 0.199 e. The molecule has 0 aliphatic heterocycles. The zero-order chi connectivity index (χ0) is 12.8. The van der Waals surface area contributed by atoms with Crippen molar-refractivity contribution in [2.45, 2.75) is 6.10 Å². The van der Waals surface area contributed by atoms with Crippen LogP contribution in [0.15, 0.2) is 6.33 Å². The number of aliphatic hydroxyl groups excluding tert-OH is 1. The molecule has 1 unspecified atom stereocenters. The Bertz CT molecular complexity index is 365. The van der Waals surface area contributed by atoms with Gasteiger partial charge in [0.25, 0.3) is 0 Å². The molecule has 7 heteroatoms. The van der Waals surface area contributed by atoms with Crippen LogP contribution in [0.4, 0.5) is 5.82 Å². The van der Waals surface area contributed by atoms with Crippen LogP contribution in [0.2, 0.25) is 5.15 Å². The van der Waals surface area contributed by atoms with Crippen molar-refractivity contribution in [3.8, 4) is 5.75 Å². The van der Waals surface area contributed by atoms with Gasteiger partial charge >= 0.3 is 0 Å². The third-order valence-electron chi connectivity index (χ3n) is 2.15. The molecule has 0 fully saturated rings. The molecular formula is C10H16ClN3O3. The standard InChI is InChI=1S/C10H16ClN3O3/c1-14(4-7(15)5-16-2)10-8(17-3)9(11)12-6-13-10/h6-7,15H,4-5H2,1-3H3. The number of likely N-dealkylation sites (N-methyl/N-ethyl adjacent to an activating group) is 1. The highest BCUT2D eigenvalue weighted by molar-refractivity contribution is 6.31. The van der Waals surface area contributed by atoms with Gasteiger partial charge in [0.15, 0.2) is 16.7 Å². The molecule has 0 aromatic carbocycles. The molecule has 0 saturated carbocycles. The first kappa shape index (κ1) is 14.0. The molecule has 0 amide bonds. The number of anilines is 1. The third-order valence-corrected chi connectivity index (χ3v) is 2.42. The predicted molar refractivity (Wildman–Crippen MR) is 64.7 cm³/mol. The fraction of sp³-hybridized carbons (Fsp3) is 0.600. The van der Waals surface area contributed by atoms with Gasteiger partial charge in [-0.15, -0.1) is 0 Å². The second-order valence-electron chi connectivity index (χ2n) is 3.51. The summed E-state index contributed by atoms with van der Waals surface area (Å²) in [5.74, 6) is 0.920. The van der Waals surface area contributed by atoms with E-state index in [1.807, 2.05) is 0 Å². The molecule has 96 valence electrons. The molecule has 0 spiro atoms. The minimum atomic E-state index is -0.608. The van der Waals surface area contributed by atoms with Crippen LogP contribution in [0.25, 0.3) is 0 Å². The monoisotopic (exact) mass is 261 g/mol. The lowest BCUT2D eigenvalue weighted by atomic mass is 10.3. The molecule has 0 radical (unpaired) electrons. The highest BCUT2D eigenvalue weighted by atomic mass is 35.5. The lowest BCUT2D eigenvalue weighted by Crippen LogP contribution is -2.32. The summed E-state index contributed by atoms with van der Waals surface area (Å²) in [6.45, 7) is 0.614. The predicted octanol–water partition coefficient (Wildman–Crippen LogP) is 0.582. The van der Waals surface area contributed by atoms with Crippen molar-refractivity contribution in [1.29, 1.82) is 0 Å². The van der Waals surface area contributed by atoms with E-state index in [4.69, 9.17) is 21.1 Å². The molecule has 0 aliphatic rings. The van der Waals surface area contributed by atoms with E-state index >= 15 is 0 Å². The number of rotatable bonds is 6. The third kappa shape index (κ3) is 3.69. The van der Waals surface area contributed by atoms with Crippen molar-refractivity contribution >= 4 is 17.4 Å². The summed E-state index contributed by atoms with van der Waals surface area (Å²) in [6, 6.07) is 0. The van der Waals surface area contributed by atoms with Crippen LogP contribution in [0.3, 0.4) is 0 Å². The van der Waals surface area contributed by atoms with Crippen molar-refractivity contribution in [1.82, 2.24) is 9.97 Å². The average molecular weight is 262 g/mol. The van der Waals surface area contributed by atoms with E-state index in [9.17, 15) is 5.11 Å². The van der Waals surface area contributed by atoms with E-state index in [-0.39, 0.29) is 11.8 Å². The van der Waals surface area contributed by atoms with Crippen molar-refractivity contribution in [2.75, 3.05) is 39.3 Å². The van der Waals surface area contributed by atoms with E-state index in [0.717, 1.165) is 0 Å². The van der Waals surface area contributed by atoms with Crippen molar-refractivity contribution < 1.29 is 14.6 Å². The molecule has 1 aromatic heterocycles. The first-order valence-electron chi connectivity index (χ1n) is 5.02. The molecule has 1 N–H and O–H groups in total. The van der Waals surface area contributed by atoms with Gasteiger partial charge in [-0.05, 0) is 0 Å². The molecule has 0 saturated heterocycles. The van der Waals surface area contributed by atoms with E-state index in [0.29, 0.717) is 18.1 Å². The highest BCUT2D eigenvalue weighted by Gasteiger charge is 2.16. The second-order valence-corrected chi connectivity index (χ2v) is 3.87. The van der Waals surface area contributed by atoms with Crippen LogP contribution >= 0.6 is 11.6 Å². The summed E-state index contributed by atoms with van der Waals surface area (Å²) >= 11 is 5.88. The number of aliphatic hydroxyl groups is 1. The van der Waals surface area contributed by atoms with Gasteiger partial charge in [-0.25, -0.2) is 9.97 Å². The maximum atomic E-state index is 9.63. The number of nitrogens with zero attached hydrogens (tertiary/aromatic N) is 3. The first-order valence-corrected chi connectivity index (χ1v) is 5.40. The van der Waals surface area contributed by atoms with Crippen molar-refractivity contribution in [3.63, 3.8) is 0 Å². The fourth-order valence-corrected chi connectivity index (χ4v) is 1.64. The molecule has 1 heterocycles. The van der Waals surface area contributed by atoms with Gasteiger partial charge in [0.1, 0.15) is 6.33 Å². The molecule has 1 atom stereocenters. The summed E-state index contributed by atoms with van der Waals surface area (Å²) in [4.78, 5) is 9.63. The Kier molecular flexibility index (Phi) is 5.40. The van der Waals surface area contributed by atoms with Crippen LogP contribution in [0.1, 0.15) is 0 Å². The summed E-state index contributed by atoms with van der Waals surface area (Å²) in [5, 5.41) is 9.87. The molecule has 1 rings (SSSR count). The van der Waals surface area contributed by atoms with Crippen LogP contribution in [-0.2, 0) is 4.74 Å². The van der Waals surface area contributed by atoms with Gasteiger partial charge < -0.3 is 19.5 Å². The number of ether oxygens (including phenoxy) is 2. The SMILES string of the molecule is COCC(O)CN(C)c1ncnc(Cl)c1OC. The summed E-state index contributed by atoms with van der Waals surface area (Å²) in [5.41, 5.74) is 0. The smallest absolute Gasteiger partial charge is 0.199 e. The molecule has 0 aliphatic carbocycles. The van der Waals surface area contributed by atoms with Crippen LogP contribution in [-0.4, -0.2) is 55.6 Å². The van der Waals surface area contributed by atoms with E-state index in [2.05, 4.69) is 9.97 Å². The normalized spacial score (nSPS) is 12.3. The quantitative estimate of drug-likeness (QED) is 0.756. The largest absolute Gasteiger partial charge is 0.490 e. The Labute approximate surface area is 105 Å². The maximum absolute atomic E-state index is 9.63. The number of aromatic nitrogens is 2. The lowest BCUT2D eigenvalue weighted by Gasteiger charge is -2.22. The Morgan fingerprint density at radius 3 is 2.76 bits per heavy atom. The van der Waals surface area contributed by atoms with Crippen LogP contribution < -0.4 is 9.64 Å². The van der Waals surface area contributed by atoms with E-state index < -0.39 is 6.10 Å². The number of hydrogen-bond acceptors (Lipinski definition) is 6. The van der Waals surface area contributed by atoms with Crippen LogP contribution in [0.5, 0.6) is 5.75 Å². The van der Waals surface area contributed by atoms with E-state index in [1.165, 1.54) is 20.5 Å². The first-order chi connectivity index (χ1) is 8.10. The van der Waals surface area contributed by atoms with Gasteiger partial charge in [-0.1, -0.05) is 11.6 Å². The molecule has 17 heavy (non-hydrogen) atoms. The Morgan fingerprint density at radius 2 is 2.18 bits per heavy atom. The van der Waals surface area contributed by atoms with Crippen LogP contribution in [0, 0.1) is 0 Å². The zero-order valence-electron chi connectivity index (χ0n) is 10.1. The number of halogens is 1. The topological polar surface area (TPSA) is 67.7 Å². The highest BCUT2D eigenvalue weighted by Crippen LogP contribution is 2.30. The van der Waals surface area contributed by atoms with Gasteiger partial charge in [0, 0.05) is 20.7 Å². The minimum Gasteiger partial charge on any atom is -0.490 e. The Balaban J connectivity index is 2.81.